The molecule has 0 aromatic carbocycles. The lowest BCUT2D eigenvalue weighted by Crippen LogP contribution is -2.16. The maximum atomic E-state index is 3.96. The molecule has 0 bridgehead atoms. The van der Waals surface area contributed by atoms with E-state index in [4.69, 9.17) is 0 Å². The lowest BCUT2D eigenvalue weighted by Gasteiger charge is -2.10. The van der Waals surface area contributed by atoms with Crippen LogP contribution in [0.25, 0.3) is 0 Å². The highest BCUT2D eigenvalue weighted by Gasteiger charge is 2.56. The number of hydrogen-bond donors (Lipinski definition) is 1. The van der Waals surface area contributed by atoms with Crippen LogP contribution in [0.4, 0.5) is 0 Å². The van der Waals surface area contributed by atoms with Crippen LogP contribution in [0, 0.1) is 11.3 Å². The zero-order chi connectivity index (χ0) is 8.65. The lowest BCUT2D eigenvalue weighted by atomic mass is 9.97. The Bertz CT molecular complexity index is 174. The van der Waals surface area contributed by atoms with E-state index >= 15 is 0 Å². The number of allylic oxidation sites excluding steroid dienone is 1. The van der Waals surface area contributed by atoms with Crippen molar-refractivity contribution < 1.29 is 0 Å². The Morgan fingerprint density at radius 3 is 2.45 bits per heavy atom. The Labute approximate surface area is 69.9 Å². The van der Waals surface area contributed by atoms with Gasteiger partial charge in [-0.25, -0.2) is 0 Å². The van der Waals surface area contributed by atoms with Crippen LogP contribution in [0.15, 0.2) is 12.2 Å². The van der Waals surface area contributed by atoms with Crippen LogP contribution >= 0.6 is 0 Å². The second-order valence-corrected chi connectivity index (χ2v) is 4.19. The third-order valence-electron chi connectivity index (χ3n) is 3.14. The largest absolute Gasteiger partial charge is 0.316 e. The standard InChI is InChI=1S/C10H19N/c1-7(2)6-10(4)8(3)9(10)11-5/h8-9,11H,1,6H2,2-5H3. The minimum absolute atomic E-state index is 0.487. The first kappa shape index (κ1) is 8.79. The Morgan fingerprint density at radius 1 is 1.64 bits per heavy atom. The van der Waals surface area contributed by atoms with Crippen LogP contribution in [-0.4, -0.2) is 13.1 Å². The van der Waals surface area contributed by atoms with Crippen LogP contribution < -0.4 is 5.32 Å². The van der Waals surface area contributed by atoms with Crippen molar-refractivity contribution in [2.24, 2.45) is 11.3 Å². The minimum atomic E-state index is 0.487. The van der Waals surface area contributed by atoms with Crippen molar-refractivity contribution in [2.45, 2.75) is 33.2 Å². The van der Waals surface area contributed by atoms with E-state index in [2.05, 4.69) is 32.7 Å². The summed E-state index contributed by atoms with van der Waals surface area (Å²) in [5.41, 5.74) is 1.79. The Kier molecular flexibility index (Phi) is 2.10. The second kappa shape index (κ2) is 2.63. The Balaban J connectivity index is 2.51. The molecule has 0 amide bonds. The molecule has 0 radical (unpaired) electrons. The van der Waals surface area contributed by atoms with E-state index in [-0.39, 0.29) is 0 Å². The van der Waals surface area contributed by atoms with E-state index in [0.717, 1.165) is 5.92 Å². The van der Waals surface area contributed by atoms with Gasteiger partial charge in [0.15, 0.2) is 0 Å². The predicted octanol–water partition coefficient (Wildman–Crippen LogP) is 2.20. The van der Waals surface area contributed by atoms with Gasteiger partial charge in [-0.2, -0.15) is 0 Å². The molecule has 1 aliphatic carbocycles. The molecule has 1 rings (SSSR count). The third-order valence-corrected chi connectivity index (χ3v) is 3.14. The zero-order valence-corrected chi connectivity index (χ0v) is 8.07. The van der Waals surface area contributed by atoms with Gasteiger partial charge in [0.2, 0.25) is 0 Å². The van der Waals surface area contributed by atoms with Gasteiger partial charge in [-0.1, -0.05) is 19.4 Å². The third kappa shape index (κ3) is 1.34. The quantitative estimate of drug-likeness (QED) is 0.613. The van der Waals surface area contributed by atoms with Crippen molar-refractivity contribution in [2.75, 3.05) is 7.05 Å². The monoisotopic (exact) mass is 153 g/mol. The molecule has 1 aliphatic rings. The van der Waals surface area contributed by atoms with Gasteiger partial charge in [-0.15, -0.1) is 6.58 Å². The van der Waals surface area contributed by atoms with E-state index in [9.17, 15) is 0 Å². The van der Waals surface area contributed by atoms with E-state index in [1.54, 1.807) is 0 Å². The topological polar surface area (TPSA) is 12.0 Å². The molecule has 0 aliphatic heterocycles. The van der Waals surface area contributed by atoms with Gasteiger partial charge in [0.1, 0.15) is 0 Å². The van der Waals surface area contributed by atoms with Crippen molar-refractivity contribution in [1.82, 2.24) is 5.32 Å². The smallest absolute Gasteiger partial charge is 0.0156 e. The van der Waals surface area contributed by atoms with Gasteiger partial charge in [-0.3, -0.25) is 0 Å². The molecule has 0 saturated heterocycles. The summed E-state index contributed by atoms with van der Waals surface area (Å²) in [7, 11) is 2.05. The maximum Gasteiger partial charge on any atom is 0.0156 e. The fraction of sp³-hybridized carbons (Fsp3) is 0.800. The highest BCUT2D eigenvalue weighted by atomic mass is 15.0. The average molecular weight is 153 g/mol. The van der Waals surface area contributed by atoms with E-state index in [1.807, 2.05) is 7.05 Å². The van der Waals surface area contributed by atoms with Crippen molar-refractivity contribution >= 4 is 0 Å². The summed E-state index contributed by atoms with van der Waals surface area (Å²) in [4.78, 5) is 0. The summed E-state index contributed by atoms with van der Waals surface area (Å²) in [5, 5.41) is 3.34. The van der Waals surface area contributed by atoms with Gasteiger partial charge in [0, 0.05) is 6.04 Å². The van der Waals surface area contributed by atoms with Crippen LogP contribution in [-0.2, 0) is 0 Å². The van der Waals surface area contributed by atoms with E-state index < -0.39 is 0 Å². The Hall–Kier alpha value is -0.300. The highest BCUT2D eigenvalue weighted by molar-refractivity contribution is 5.15. The van der Waals surface area contributed by atoms with E-state index in [0.29, 0.717) is 11.5 Å². The molecule has 64 valence electrons. The molecular formula is C10H19N. The SMILES string of the molecule is C=C(C)CC1(C)C(C)C1NC. The van der Waals surface area contributed by atoms with Gasteiger partial charge in [0.25, 0.3) is 0 Å². The second-order valence-electron chi connectivity index (χ2n) is 4.19. The van der Waals surface area contributed by atoms with Crippen molar-refractivity contribution in [3.05, 3.63) is 12.2 Å². The van der Waals surface area contributed by atoms with Crippen LogP contribution in [0.5, 0.6) is 0 Å². The summed E-state index contributed by atoms with van der Waals surface area (Å²) in [6.45, 7) is 10.7. The fourth-order valence-corrected chi connectivity index (χ4v) is 2.30. The predicted molar refractivity (Wildman–Crippen MR) is 49.5 cm³/mol. The summed E-state index contributed by atoms with van der Waals surface area (Å²) >= 11 is 0. The molecule has 1 saturated carbocycles. The molecule has 0 aromatic rings. The normalized spacial score (nSPS) is 42.2. The average Bonchev–Trinajstić information content (AvgIpc) is 2.33. The number of nitrogens with one attached hydrogen (secondary N) is 1. The summed E-state index contributed by atoms with van der Waals surface area (Å²) < 4.78 is 0. The summed E-state index contributed by atoms with van der Waals surface area (Å²) in [6, 6.07) is 0.708. The van der Waals surface area contributed by atoms with Crippen molar-refractivity contribution in [1.29, 1.82) is 0 Å². The lowest BCUT2D eigenvalue weighted by molar-refractivity contribution is 0.490. The van der Waals surface area contributed by atoms with Crippen molar-refractivity contribution in [3.63, 3.8) is 0 Å². The molecule has 3 unspecified atom stereocenters. The molecule has 0 aromatic heterocycles. The first-order valence-corrected chi connectivity index (χ1v) is 4.34. The van der Waals surface area contributed by atoms with Crippen LogP contribution in [0.3, 0.4) is 0 Å². The summed E-state index contributed by atoms with van der Waals surface area (Å²) in [6.07, 6.45) is 1.17. The van der Waals surface area contributed by atoms with E-state index in [1.165, 1.54) is 12.0 Å². The molecule has 1 nitrogen and oxygen atoms in total. The Morgan fingerprint density at radius 2 is 2.18 bits per heavy atom. The molecule has 0 spiro atoms. The molecule has 1 fully saturated rings. The minimum Gasteiger partial charge on any atom is -0.316 e. The van der Waals surface area contributed by atoms with Crippen molar-refractivity contribution in [3.8, 4) is 0 Å². The van der Waals surface area contributed by atoms with Gasteiger partial charge in [-0.05, 0) is 31.7 Å². The molecule has 11 heavy (non-hydrogen) atoms. The first-order valence-electron chi connectivity index (χ1n) is 4.34. The van der Waals surface area contributed by atoms with Gasteiger partial charge >= 0.3 is 0 Å². The summed E-state index contributed by atoms with van der Waals surface area (Å²) in [5.74, 6) is 0.809. The highest BCUT2D eigenvalue weighted by Crippen LogP contribution is 2.55. The van der Waals surface area contributed by atoms with Gasteiger partial charge in [0.05, 0.1) is 0 Å². The molecule has 0 heterocycles. The molecule has 1 heteroatoms. The number of rotatable bonds is 3. The van der Waals surface area contributed by atoms with Crippen LogP contribution in [0.1, 0.15) is 27.2 Å². The molecule has 3 atom stereocenters. The first-order chi connectivity index (χ1) is 5.02. The molecular weight excluding hydrogens is 134 g/mol. The van der Waals surface area contributed by atoms with Gasteiger partial charge < -0.3 is 5.32 Å². The number of hydrogen-bond acceptors (Lipinski definition) is 1. The zero-order valence-electron chi connectivity index (χ0n) is 8.07. The molecule has 1 N–H and O–H groups in total. The maximum absolute atomic E-state index is 3.96. The van der Waals surface area contributed by atoms with Crippen LogP contribution in [0.2, 0.25) is 0 Å². The fourth-order valence-electron chi connectivity index (χ4n) is 2.30.